The van der Waals surface area contributed by atoms with Crippen LogP contribution in [0.25, 0.3) is 0 Å². The maximum atomic E-state index is 15.0. The predicted octanol–water partition coefficient (Wildman–Crippen LogP) is 2.33. The Kier molecular flexibility index (Phi) is 7.01. The minimum absolute atomic E-state index is 0.187. The number of carbonyl (C=O) groups is 3. The van der Waals surface area contributed by atoms with Crippen LogP contribution in [0.1, 0.15) is 32.6 Å². The molecule has 0 aromatic heterocycles. The average molecular weight is 470 g/mol. The molecule has 0 spiro atoms. The highest BCUT2D eigenvalue weighted by Crippen LogP contribution is 2.31. The van der Waals surface area contributed by atoms with Gasteiger partial charge in [-0.3, -0.25) is 14.5 Å². The second-order valence-corrected chi connectivity index (χ2v) is 8.77. The standard InChI is InChI=1S/C24H28FN5O4/c1-16(31)27-14-19-15-30(24(33)34-19)18-4-5-22(21(25)12-18)28-10-6-17(7-11-28)20(13-26)23(32)29-8-2-3-9-29/h4-5,12,19H,2-3,6-11,14-15H2,1H3,(H,27,31). The summed E-state index contributed by atoms with van der Waals surface area (Å²) in [6, 6.07) is 6.71. The number of nitrogens with one attached hydrogen (secondary N) is 1. The third kappa shape index (κ3) is 4.98. The lowest BCUT2D eigenvalue weighted by molar-refractivity contribution is -0.125. The number of benzene rings is 1. The van der Waals surface area contributed by atoms with Gasteiger partial charge in [0.15, 0.2) is 0 Å². The van der Waals surface area contributed by atoms with E-state index in [1.807, 2.05) is 4.90 Å². The van der Waals surface area contributed by atoms with Crippen LogP contribution in [0, 0.1) is 17.1 Å². The molecule has 180 valence electrons. The zero-order chi connectivity index (χ0) is 24.2. The molecule has 4 rings (SSSR count). The van der Waals surface area contributed by atoms with E-state index >= 15 is 4.39 Å². The van der Waals surface area contributed by atoms with Crippen LogP contribution in [0.5, 0.6) is 0 Å². The van der Waals surface area contributed by atoms with Crippen molar-refractivity contribution in [1.29, 1.82) is 5.26 Å². The largest absolute Gasteiger partial charge is 0.442 e. The summed E-state index contributed by atoms with van der Waals surface area (Å²) in [6.07, 6.45) is 1.90. The van der Waals surface area contributed by atoms with Crippen LogP contribution in [-0.2, 0) is 14.3 Å². The number of hydrogen-bond donors (Lipinski definition) is 1. The van der Waals surface area contributed by atoms with Crippen molar-refractivity contribution < 1.29 is 23.5 Å². The van der Waals surface area contributed by atoms with E-state index in [-0.39, 0.29) is 30.5 Å². The fourth-order valence-corrected chi connectivity index (χ4v) is 4.64. The summed E-state index contributed by atoms with van der Waals surface area (Å²) in [5.74, 6) is -0.864. The summed E-state index contributed by atoms with van der Waals surface area (Å²) in [6.45, 7) is 4.18. The Bertz CT molecular complexity index is 1050. The number of likely N-dealkylation sites (tertiary alicyclic amines) is 1. The average Bonchev–Trinajstić information content (AvgIpc) is 3.49. The maximum absolute atomic E-state index is 15.0. The molecule has 1 aromatic rings. The Morgan fingerprint density at radius 2 is 1.91 bits per heavy atom. The van der Waals surface area contributed by atoms with Crippen LogP contribution in [0.15, 0.2) is 29.3 Å². The number of carbonyl (C=O) groups excluding carboxylic acids is 3. The molecule has 3 aliphatic rings. The molecule has 0 saturated carbocycles. The summed E-state index contributed by atoms with van der Waals surface area (Å²) in [7, 11) is 0. The number of hydrogen-bond acceptors (Lipinski definition) is 6. The van der Waals surface area contributed by atoms with Crippen LogP contribution in [0.2, 0.25) is 0 Å². The van der Waals surface area contributed by atoms with Gasteiger partial charge in [0.05, 0.1) is 24.5 Å². The Morgan fingerprint density at radius 1 is 1.21 bits per heavy atom. The van der Waals surface area contributed by atoms with E-state index < -0.39 is 18.0 Å². The summed E-state index contributed by atoms with van der Waals surface area (Å²) in [5, 5.41) is 12.2. The second-order valence-electron chi connectivity index (χ2n) is 8.77. The van der Waals surface area contributed by atoms with E-state index in [4.69, 9.17) is 4.74 Å². The number of piperidine rings is 1. The van der Waals surface area contributed by atoms with E-state index in [0.717, 1.165) is 18.4 Å². The minimum atomic E-state index is -0.582. The lowest BCUT2D eigenvalue weighted by Crippen LogP contribution is -2.34. The molecule has 1 N–H and O–H groups in total. The zero-order valence-corrected chi connectivity index (χ0v) is 19.2. The van der Waals surface area contributed by atoms with Gasteiger partial charge in [-0.2, -0.15) is 5.26 Å². The van der Waals surface area contributed by atoms with Crippen LogP contribution >= 0.6 is 0 Å². The van der Waals surface area contributed by atoms with Gasteiger partial charge in [-0.25, -0.2) is 9.18 Å². The smallest absolute Gasteiger partial charge is 0.414 e. The zero-order valence-electron chi connectivity index (χ0n) is 19.2. The Balaban J connectivity index is 1.40. The molecule has 3 aliphatic heterocycles. The van der Waals surface area contributed by atoms with Crippen molar-refractivity contribution in [2.24, 2.45) is 0 Å². The fraction of sp³-hybridized carbons (Fsp3) is 0.500. The third-order valence-electron chi connectivity index (χ3n) is 6.48. The van der Waals surface area contributed by atoms with Gasteiger partial charge in [0.25, 0.3) is 5.91 Å². The Labute approximate surface area is 197 Å². The number of nitriles is 1. The van der Waals surface area contributed by atoms with E-state index in [0.29, 0.717) is 50.4 Å². The lowest BCUT2D eigenvalue weighted by atomic mass is 9.97. The van der Waals surface area contributed by atoms with Crippen molar-refractivity contribution in [2.75, 3.05) is 49.1 Å². The summed E-state index contributed by atoms with van der Waals surface area (Å²) in [4.78, 5) is 40.9. The molecule has 1 aromatic carbocycles. The second kappa shape index (κ2) is 10.1. The van der Waals surface area contributed by atoms with E-state index in [1.54, 1.807) is 17.0 Å². The van der Waals surface area contributed by atoms with Crippen molar-refractivity contribution in [3.8, 4) is 6.07 Å². The number of rotatable bonds is 5. The van der Waals surface area contributed by atoms with Crippen molar-refractivity contribution in [2.45, 2.75) is 38.7 Å². The molecule has 9 nitrogen and oxygen atoms in total. The van der Waals surface area contributed by atoms with E-state index in [2.05, 4.69) is 11.4 Å². The monoisotopic (exact) mass is 469 g/mol. The van der Waals surface area contributed by atoms with E-state index in [1.165, 1.54) is 17.9 Å². The molecule has 1 atom stereocenters. The molecular formula is C24H28FN5O4. The van der Waals surface area contributed by atoms with Gasteiger partial charge in [0.2, 0.25) is 5.91 Å². The summed E-state index contributed by atoms with van der Waals surface area (Å²) < 4.78 is 20.3. The Hall–Kier alpha value is -3.61. The van der Waals surface area contributed by atoms with Crippen LogP contribution in [-0.4, -0.2) is 68.2 Å². The highest BCUT2D eigenvalue weighted by Gasteiger charge is 2.33. The number of anilines is 2. The van der Waals surface area contributed by atoms with Gasteiger partial charge in [-0.05, 0) is 49.5 Å². The van der Waals surface area contributed by atoms with Crippen LogP contribution in [0.3, 0.4) is 0 Å². The quantitative estimate of drug-likeness (QED) is 0.524. The van der Waals surface area contributed by atoms with Gasteiger partial charge in [0.1, 0.15) is 23.6 Å². The summed E-state index contributed by atoms with van der Waals surface area (Å²) in [5.41, 5.74) is 1.86. The molecule has 3 fully saturated rings. The van der Waals surface area contributed by atoms with Gasteiger partial charge in [-0.15, -0.1) is 0 Å². The number of nitrogens with zero attached hydrogens (tertiary/aromatic N) is 4. The minimum Gasteiger partial charge on any atom is -0.442 e. The SMILES string of the molecule is CC(=O)NCC1CN(c2ccc(N3CCC(=C(C#N)C(=O)N4CCCC4)CC3)c(F)c2)C(=O)O1. The predicted molar refractivity (Wildman–Crippen MR) is 123 cm³/mol. The first-order valence-corrected chi connectivity index (χ1v) is 11.6. The molecule has 1 unspecified atom stereocenters. The van der Waals surface area contributed by atoms with Gasteiger partial charge in [-0.1, -0.05) is 0 Å². The van der Waals surface area contributed by atoms with Crippen molar-refractivity contribution in [1.82, 2.24) is 10.2 Å². The van der Waals surface area contributed by atoms with Crippen molar-refractivity contribution in [3.05, 3.63) is 35.2 Å². The number of amides is 3. The molecule has 3 heterocycles. The normalized spacial score (nSPS) is 20.3. The third-order valence-corrected chi connectivity index (χ3v) is 6.48. The molecule has 0 radical (unpaired) electrons. The summed E-state index contributed by atoms with van der Waals surface area (Å²) >= 11 is 0. The molecule has 10 heteroatoms. The molecule has 0 bridgehead atoms. The number of cyclic esters (lactones) is 1. The molecule has 3 amide bonds. The number of ether oxygens (including phenoxy) is 1. The van der Waals surface area contributed by atoms with E-state index in [9.17, 15) is 19.6 Å². The van der Waals surface area contributed by atoms with Crippen LogP contribution in [0.4, 0.5) is 20.6 Å². The molecule has 34 heavy (non-hydrogen) atoms. The van der Waals surface area contributed by atoms with Gasteiger partial charge < -0.3 is 19.9 Å². The lowest BCUT2D eigenvalue weighted by Gasteiger charge is -2.31. The van der Waals surface area contributed by atoms with Crippen molar-refractivity contribution in [3.63, 3.8) is 0 Å². The first-order valence-electron chi connectivity index (χ1n) is 11.6. The maximum Gasteiger partial charge on any atom is 0.414 e. The van der Waals surface area contributed by atoms with Gasteiger partial charge in [0, 0.05) is 33.1 Å². The Morgan fingerprint density at radius 3 is 2.53 bits per heavy atom. The number of halogens is 1. The highest BCUT2D eigenvalue weighted by atomic mass is 19.1. The first kappa shape index (κ1) is 23.5. The molecular weight excluding hydrogens is 441 g/mol. The van der Waals surface area contributed by atoms with Crippen molar-refractivity contribution >= 4 is 29.3 Å². The fourth-order valence-electron chi connectivity index (χ4n) is 4.64. The highest BCUT2D eigenvalue weighted by molar-refractivity contribution is 5.98. The van der Waals surface area contributed by atoms with Gasteiger partial charge >= 0.3 is 6.09 Å². The van der Waals surface area contributed by atoms with Crippen LogP contribution < -0.4 is 15.1 Å². The topological polar surface area (TPSA) is 106 Å². The molecule has 0 aliphatic carbocycles. The molecule has 3 saturated heterocycles. The first-order chi connectivity index (χ1) is 16.4.